The molecule has 1 rings (SSSR count). The average Bonchev–Trinajstić information content (AvgIpc) is 2.43. The molecule has 0 saturated carbocycles. The average molecular weight is 299 g/mol. The van der Waals surface area contributed by atoms with Crippen LogP contribution in [-0.2, 0) is 16.4 Å². The van der Waals surface area contributed by atoms with Gasteiger partial charge in [-0.1, -0.05) is 13.8 Å². The summed E-state index contributed by atoms with van der Waals surface area (Å²) in [6, 6.07) is 3.67. The first-order chi connectivity index (χ1) is 9.35. The maximum atomic E-state index is 12.0. The Morgan fingerprint density at radius 3 is 2.55 bits per heavy atom. The molecule has 1 aromatic rings. The quantitative estimate of drug-likeness (QED) is 0.720. The topological polar surface area (TPSA) is 85.1 Å². The smallest absolute Gasteiger partial charge is 0.211 e. The second-order valence-electron chi connectivity index (χ2n) is 5.80. The second kappa shape index (κ2) is 7.71. The van der Waals surface area contributed by atoms with E-state index in [1.165, 1.54) is 0 Å². The van der Waals surface area contributed by atoms with Gasteiger partial charge in [-0.3, -0.25) is 4.98 Å². The number of nitrogens with one attached hydrogen (secondary N) is 1. The third kappa shape index (κ3) is 6.98. The van der Waals surface area contributed by atoms with Crippen LogP contribution in [0.25, 0.3) is 0 Å². The molecule has 0 aromatic carbocycles. The highest BCUT2D eigenvalue weighted by atomic mass is 32.2. The minimum atomic E-state index is -3.24. The molecule has 0 aliphatic heterocycles. The summed E-state index contributed by atoms with van der Waals surface area (Å²) in [5.74, 6) is 0.101. The van der Waals surface area contributed by atoms with Crippen LogP contribution in [0.3, 0.4) is 0 Å². The van der Waals surface area contributed by atoms with Crippen molar-refractivity contribution in [1.82, 2.24) is 9.71 Å². The Kier molecular flexibility index (Phi) is 6.58. The van der Waals surface area contributed by atoms with Crippen molar-refractivity contribution in [1.29, 1.82) is 0 Å². The fraction of sp³-hybridized carbons (Fsp3) is 0.643. The first-order valence-electron chi connectivity index (χ1n) is 6.91. The fourth-order valence-electron chi connectivity index (χ4n) is 1.85. The highest BCUT2D eigenvalue weighted by Crippen LogP contribution is 2.20. The highest BCUT2D eigenvalue weighted by molar-refractivity contribution is 7.89. The van der Waals surface area contributed by atoms with Crippen molar-refractivity contribution in [2.45, 2.75) is 33.1 Å². The zero-order valence-corrected chi connectivity index (χ0v) is 13.1. The summed E-state index contributed by atoms with van der Waals surface area (Å²) in [4.78, 5) is 3.91. The summed E-state index contributed by atoms with van der Waals surface area (Å²) in [6.07, 6.45) is 5.67. The van der Waals surface area contributed by atoms with Gasteiger partial charge in [-0.15, -0.1) is 0 Å². The maximum Gasteiger partial charge on any atom is 0.211 e. The van der Waals surface area contributed by atoms with Crippen molar-refractivity contribution in [3.63, 3.8) is 0 Å². The molecule has 0 radical (unpaired) electrons. The van der Waals surface area contributed by atoms with E-state index in [1.807, 2.05) is 26.0 Å². The monoisotopic (exact) mass is 299 g/mol. The van der Waals surface area contributed by atoms with Crippen LogP contribution >= 0.6 is 0 Å². The molecule has 0 atom stereocenters. The SMILES string of the molecule is CC(C)(CCCN)CNS(=O)(=O)CCc1ccncc1. The standard InChI is InChI=1S/C14H25N3O2S/c1-14(2,7-3-8-15)12-17-20(18,19)11-6-13-4-9-16-10-5-13/h4-5,9-10,17H,3,6-8,11-12,15H2,1-2H3. The van der Waals surface area contributed by atoms with E-state index in [0.29, 0.717) is 19.5 Å². The lowest BCUT2D eigenvalue weighted by Gasteiger charge is -2.24. The molecule has 0 aliphatic rings. The molecule has 1 aromatic heterocycles. The molecule has 6 heteroatoms. The van der Waals surface area contributed by atoms with Crippen molar-refractivity contribution in [2.75, 3.05) is 18.8 Å². The first-order valence-corrected chi connectivity index (χ1v) is 8.56. The van der Waals surface area contributed by atoms with Crippen molar-refractivity contribution in [2.24, 2.45) is 11.1 Å². The normalized spacial score (nSPS) is 12.6. The molecular formula is C14H25N3O2S. The van der Waals surface area contributed by atoms with Crippen molar-refractivity contribution >= 4 is 10.0 Å². The lowest BCUT2D eigenvalue weighted by Crippen LogP contribution is -2.36. The van der Waals surface area contributed by atoms with Crippen molar-refractivity contribution in [3.05, 3.63) is 30.1 Å². The lowest BCUT2D eigenvalue weighted by molar-refractivity contribution is 0.327. The molecule has 0 bridgehead atoms. The predicted molar refractivity (Wildman–Crippen MR) is 81.8 cm³/mol. The van der Waals surface area contributed by atoms with Crippen molar-refractivity contribution in [3.8, 4) is 0 Å². The first kappa shape index (κ1) is 17.1. The number of nitrogens with two attached hydrogens (primary N) is 1. The van der Waals surface area contributed by atoms with Gasteiger partial charge in [0.1, 0.15) is 0 Å². The fourth-order valence-corrected chi connectivity index (χ4v) is 3.11. The summed E-state index contributed by atoms with van der Waals surface area (Å²) in [7, 11) is -3.24. The van der Waals surface area contributed by atoms with Crippen LogP contribution in [-0.4, -0.2) is 32.2 Å². The van der Waals surface area contributed by atoms with E-state index in [0.717, 1.165) is 18.4 Å². The molecule has 0 amide bonds. The number of aryl methyl sites for hydroxylation is 1. The highest BCUT2D eigenvalue weighted by Gasteiger charge is 2.20. The van der Waals surface area contributed by atoms with Gasteiger partial charge < -0.3 is 5.73 Å². The van der Waals surface area contributed by atoms with Crippen LogP contribution in [0.5, 0.6) is 0 Å². The lowest BCUT2D eigenvalue weighted by atomic mass is 9.88. The van der Waals surface area contributed by atoms with Gasteiger partial charge in [0.25, 0.3) is 0 Å². The Bertz CT molecular complexity index is 486. The van der Waals surface area contributed by atoms with Crippen LogP contribution in [0.15, 0.2) is 24.5 Å². The van der Waals surface area contributed by atoms with Gasteiger partial charge in [0.2, 0.25) is 10.0 Å². The predicted octanol–water partition coefficient (Wildman–Crippen LogP) is 1.31. The number of sulfonamides is 1. The number of pyridine rings is 1. The van der Waals surface area contributed by atoms with Crippen LogP contribution in [0.4, 0.5) is 0 Å². The van der Waals surface area contributed by atoms with E-state index >= 15 is 0 Å². The summed E-state index contributed by atoms with van der Waals surface area (Å²) < 4.78 is 26.6. The molecule has 0 spiro atoms. The Hall–Kier alpha value is -0.980. The Morgan fingerprint density at radius 2 is 1.95 bits per heavy atom. The maximum absolute atomic E-state index is 12.0. The molecule has 20 heavy (non-hydrogen) atoms. The van der Waals surface area contributed by atoms with Gasteiger partial charge in [0.05, 0.1) is 5.75 Å². The third-order valence-corrected chi connectivity index (χ3v) is 4.56. The van der Waals surface area contributed by atoms with Crippen LogP contribution in [0, 0.1) is 5.41 Å². The number of hydrogen-bond acceptors (Lipinski definition) is 4. The van der Waals surface area contributed by atoms with E-state index in [-0.39, 0.29) is 11.2 Å². The van der Waals surface area contributed by atoms with E-state index in [2.05, 4.69) is 9.71 Å². The Labute approximate surface area is 122 Å². The number of hydrogen-bond donors (Lipinski definition) is 2. The van der Waals surface area contributed by atoms with Gasteiger partial charge in [-0.2, -0.15) is 0 Å². The van der Waals surface area contributed by atoms with E-state index in [1.54, 1.807) is 12.4 Å². The van der Waals surface area contributed by atoms with Crippen LogP contribution < -0.4 is 10.5 Å². The molecular weight excluding hydrogens is 274 g/mol. The van der Waals surface area contributed by atoms with Gasteiger partial charge in [0, 0.05) is 18.9 Å². The van der Waals surface area contributed by atoms with Crippen LogP contribution in [0.1, 0.15) is 32.3 Å². The second-order valence-corrected chi connectivity index (χ2v) is 7.73. The minimum absolute atomic E-state index is 0.0664. The third-order valence-electron chi connectivity index (χ3n) is 3.24. The molecule has 0 unspecified atom stereocenters. The van der Waals surface area contributed by atoms with Crippen molar-refractivity contribution < 1.29 is 8.42 Å². The Balaban J connectivity index is 2.42. The molecule has 3 N–H and O–H groups in total. The van der Waals surface area contributed by atoms with Gasteiger partial charge >= 0.3 is 0 Å². The largest absolute Gasteiger partial charge is 0.330 e. The molecule has 0 fully saturated rings. The Morgan fingerprint density at radius 1 is 1.30 bits per heavy atom. The molecule has 5 nitrogen and oxygen atoms in total. The van der Waals surface area contributed by atoms with Gasteiger partial charge in [0.15, 0.2) is 0 Å². The molecule has 114 valence electrons. The molecule has 0 aliphatic carbocycles. The number of aromatic nitrogens is 1. The van der Waals surface area contributed by atoms with E-state index in [9.17, 15) is 8.42 Å². The van der Waals surface area contributed by atoms with E-state index in [4.69, 9.17) is 5.73 Å². The van der Waals surface area contributed by atoms with E-state index < -0.39 is 10.0 Å². The zero-order valence-electron chi connectivity index (χ0n) is 12.3. The van der Waals surface area contributed by atoms with Gasteiger partial charge in [-0.05, 0) is 48.9 Å². The summed E-state index contributed by atoms with van der Waals surface area (Å²) >= 11 is 0. The minimum Gasteiger partial charge on any atom is -0.330 e. The number of nitrogens with zero attached hydrogens (tertiary/aromatic N) is 1. The molecule has 1 heterocycles. The molecule has 0 saturated heterocycles. The zero-order chi connectivity index (χ0) is 15.1. The summed E-state index contributed by atoms with van der Waals surface area (Å²) in [5, 5.41) is 0. The number of rotatable bonds is 9. The summed E-state index contributed by atoms with van der Waals surface area (Å²) in [6.45, 7) is 5.19. The van der Waals surface area contributed by atoms with Gasteiger partial charge in [-0.25, -0.2) is 13.1 Å². The van der Waals surface area contributed by atoms with Crippen LogP contribution in [0.2, 0.25) is 0 Å². The summed E-state index contributed by atoms with van der Waals surface area (Å²) in [5.41, 5.74) is 6.40.